The number of carbonyl (C=O) groups is 1. The average Bonchev–Trinajstić information content (AvgIpc) is 2.48. The molecule has 1 saturated heterocycles. The van der Waals surface area contributed by atoms with Crippen LogP contribution in [0.2, 0.25) is 0 Å². The van der Waals surface area contributed by atoms with Crippen LogP contribution in [0.15, 0.2) is 0 Å². The third kappa shape index (κ3) is 3.87. The van der Waals surface area contributed by atoms with Gasteiger partial charge in [-0.15, -0.1) is 0 Å². The number of nitrogens with zero attached hydrogens (tertiary/aromatic N) is 1. The summed E-state index contributed by atoms with van der Waals surface area (Å²) in [6.07, 6.45) is -4.31. The summed E-state index contributed by atoms with van der Waals surface area (Å²) in [5.41, 5.74) is -0.751. The van der Waals surface area contributed by atoms with Gasteiger partial charge in [-0.2, -0.15) is 13.2 Å². The molecule has 3 atom stereocenters. The average molecular weight is 294 g/mol. The third-order valence-electron chi connectivity index (χ3n) is 3.93. The molecule has 0 spiro atoms. The van der Waals surface area contributed by atoms with E-state index in [2.05, 4.69) is 5.32 Å². The molecular weight excluding hydrogens is 269 g/mol. The van der Waals surface area contributed by atoms with Crippen LogP contribution < -0.4 is 5.32 Å². The Morgan fingerprint density at radius 1 is 1.35 bits per heavy atom. The molecule has 1 rings (SSSR count). The summed E-state index contributed by atoms with van der Waals surface area (Å²) in [6, 6.07) is -0.841. The summed E-state index contributed by atoms with van der Waals surface area (Å²) in [7, 11) is 0. The molecule has 20 heavy (non-hydrogen) atoms. The smallest absolute Gasteiger partial charge is 0.322 e. The number of rotatable bonds is 5. The van der Waals surface area contributed by atoms with Gasteiger partial charge in [0.2, 0.25) is 5.91 Å². The second-order valence-electron chi connectivity index (χ2n) is 6.36. The van der Waals surface area contributed by atoms with Gasteiger partial charge in [-0.3, -0.25) is 10.1 Å². The van der Waals surface area contributed by atoms with E-state index in [0.29, 0.717) is 18.8 Å². The molecular formula is C14H25F3N2O. The van der Waals surface area contributed by atoms with Crippen LogP contribution >= 0.6 is 0 Å². The molecule has 0 aromatic heterocycles. The molecule has 1 aliphatic heterocycles. The first kappa shape index (κ1) is 17.3. The molecule has 0 aliphatic carbocycles. The number of halogens is 3. The van der Waals surface area contributed by atoms with Gasteiger partial charge in [0.05, 0.1) is 18.1 Å². The van der Waals surface area contributed by atoms with E-state index in [-0.39, 0.29) is 12.1 Å². The van der Waals surface area contributed by atoms with Crippen molar-refractivity contribution in [1.29, 1.82) is 0 Å². The summed E-state index contributed by atoms with van der Waals surface area (Å²) in [5, 5.41) is 3.22. The zero-order valence-electron chi connectivity index (χ0n) is 12.8. The minimum atomic E-state index is -4.26. The van der Waals surface area contributed by atoms with Gasteiger partial charge in [-0.1, -0.05) is 20.8 Å². The molecule has 0 bridgehead atoms. The van der Waals surface area contributed by atoms with Crippen molar-refractivity contribution >= 4 is 5.91 Å². The van der Waals surface area contributed by atoms with Gasteiger partial charge in [-0.05, 0) is 32.6 Å². The van der Waals surface area contributed by atoms with Crippen molar-refractivity contribution in [2.45, 2.75) is 77.8 Å². The molecule has 0 aromatic carbocycles. The van der Waals surface area contributed by atoms with E-state index in [1.165, 1.54) is 11.8 Å². The Hall–Kier alpha value is -0.780. The summed E-state index contributed by atoms with van der Waals surface area (Å²) < 4.78 is 37.8. The summed E-state index contributed by atoms with van der Waals surface area (Å²) in [5.74, 6) is 0.0856. The molecule has 1 N–H and O–H groups in total. The van der Waals surface area contributed by atoms with Crippen molar-refractivity contribution in [3.05, 3.63) is 0 Å². The molecule has 1 heterocycles. The third-order valence-corrected chi connectivity index (χ3v) is 3.93. The first-order chi connectivity index (χ1) is 9.00. The largest absolute Gasteiger partial charge is 0.391 e. The van der Waals surface area contributed by atoms with Gasteiger partial charge in [-0.25, -0.2) is 0 Å². The van der Waals surface area contributed by atoms with Crippen LogP contribution in [-0.4, -0.2) is 34.7 Å². The van der Waals surface area contributed by atoms with E-state index in [0.717, 1.165) is 0 Å². The van der Waals surface area contributed by atoms with Gasteiger partial charge in [0.1, 0.15) is 0 Å². The Bertz CT molecular complexity index is 357. The van der Waals surface area contributed by atoms with Crippen LogP contribution in [0, 0.1) is 5.92 Å². The van der Waals surface area contributed by atoms with Crippen molar-refractivity contribution in [3.8, 4) is 0 Å². The van der Waals surface area contributed by atoms with Crippen LogP contribution in [0.3, 0.4) is 0 Å². The molecule has 3 unspecified atom stereocenters. The van der Waals surface area contributed by atoms with E-state index in [4.69, 9.17) is 0 Å². The fourth-order valence-electron chi connectivity index (χ4n) is 2.74. The minimum Gasteiger partial charge on any atom is -0.322 e. The number of hydrogen-bond donors (Lipinski definition) is 1. The summed E-state index contributed by atoms with van der Waals surface area (Å²) >= 11 is 0. The highest BCUT2D eigenvalue weighted by atomic mass is 19.4. The van der Waals surface area contributed by atoms with Gasteiger partial charge < -0.3 is 4.90 Å². The molecule has 118 valence electrons. The normalized spacial score (nSPS) is 29.4. The maximum Gasteiger partial charge on any atom is 0.391 e. The molecule has 0 saturated carbocycles. The number of nitrogens with one attached hydrogen (secondary N) is 1. The highest BCUT2D eigenvalue weighted by molar-refractivity contribution is 5.88. The second kappa shape index (κ2) is 5.92. The van der Waals surface area contributed by atoms with Crippen LogP contribution in [-0.2, 0) is 4.79 Å². The number of alkyl halides is 3. The summed E-state index contributed by atoms with van der Waals surface area (Å²) in [4.78, 5) is 13.9. The van der Waals surface area contributed by atoms with Crippen LogP contribution in [0.5, 0.6) is 0 Å². The highest BCUT2D eigenvalue weighted by Crippen LogP contribution is 2.32. The Balaban J connectivity index is 2.95. The molecule has 1 amide bonds. The Kier molecular flexibility index (Phi) is 5.11. The Labute approximate surface area is 118 Å². The predicted molar refractivity (Wildman–Crippen MR) is 72.1 cm³/mol. The first-order valence-corrected chi connectivity index (χ1v) is 7.17. The summed E-state index contributed by atoms with van der Waals surface area (Å²) in [6.45, 7) is 9.11. The number of hydrogen-bond acceptors (Lipinski definition) is 2. The van der Waals surface area contributed by atoms with E-state index in [1.54, 1.807) is 6.92 Å². The maximum atomic E-state index is 12.6. The van der Waals surface area contributed by atoms with E-state index in [9.17, 15) is 18.0 Å². The van der Waals surface area contributed by atoms with Crippen LogP contribution in [0.1, 0.15) is 53.9 Å². The highest BCUT2D eigenvalue weighted by Gasteiger charge is 2.49. The van der Waals surface area contributed by atoms with Crippen molar-refractivity contribution in [2.75, 3.05) is 0 Å². The van der Waals surface area contributed by atoms with Gasteiger partial charge in [0.25, 0.3) is 0 Å². The van der Waals surface area contributed by atoms with Crippen molar-refractivity contribution < 1.29 is 18.0 Å². The van der Waals surface area contributed by atoms with Gasteiger partial charge in [0.15, 0.2) is 0 Å². The maximum absolute atomic E-state index is 12.6. The molecule has 0 radical (unpaired) electrons. The van der Waals surface area contributed by atoms with Crippen molar-refractivity contribution in [2.24, 2.45) is 5.92 Å². The lowest BCUT2D eigenvalue weighted by Gasteiger charge is -2.32. The Morgan fingerprint density at radius 3 is 2.30 bits per heavy atom. The van der Waals surface area contributed by atoms with E-state index >= 15 is 0 Å². The lowest BCUT2D eigenvalue weighted by atomic mass is 9.99. The predicted octanol–water partition coefficient (Wildman–Crippen LogP) is 3.30. The lowest BCUT2D eigenvalue weighted by Crippen LogP contribution is -2.45. The SMILES string of the molecule is CCC1(C)NC(CC(C)C)N(C(C)CC(F)(F)F)C1=O. The molecule has 0 aromatic rings. The van der Waals surface area contributed by atoms with Gasteiger partial charge >= 0.3 is 6.18 Å². The Morgan fingerprint density at radius 2 is 1.90 bits per heavy atom. The monoisotopic (exact) mass is 294 g/mol. The quantitative estimate of drug-likeness (QED) is 0.844. The second-order valence-corrected chi connectivity index (χ2v) is 6.36. The topological polar surface area (TPSA) is 32.3 Å². The zero-order valence-corrected chi connectivity index (χ0v) is 12.8. The van der Waals surface area contributed by atoms with Crippen molar-refractivity contribution in [3.63, 3.8) is 0 Å². The minimum absolute atomic E-state index is 0.220. The van der Waals surface area contributed by atoms with Gasteiger partial charge in [0, 0.05) is 6.04 Å². The fourth-order valence-corrected chi connectivity index (χ4v) is 2.74. The zero-order chi connectivity index (χ0) is 15.7. The van der Waals surface area contributed by atoms with E-state index in [1.807, 2.05) is 20.8 Å². The number of amides is 1. The first-order valence-electron chi connectivity index (χ1n) is 7.17. The van der Waals surface area contributed by atoms with Crippen LogP contribution in [0.4, 0.5) is 13.2 Å². The molecule has 6 heteroatoms. The fraction of sp³-hybridized carbons (Fsp3) is 0.929. The molecule has 1 aliphatic rings. The lowest BCUT2D eigenvalue weighted by molar-refractivity contribution is -0.154. The standard InChI is InChI=1S/C14H25F3N2O/c1-6-13(5)12(20)19(10(4)8-14(15,16)17)11(18-13)7-9(2)3/h9-11,18H,6-8H2,1-5H3. The van der Waals surface area contributed by atoms with Crippen LogP contribution in [0.25, 0.3) is 0 Å². The van der Waals surface area contributed by atoms with Crippen molar-refractivity contribution in [1.82, 2.24) is 10.2 Å². The molecule has 3 nitrogen and oxygen atoms in total. The molecule has 1 fully saturated rings. The van der Waals surface area contributed by atoms with E-state index < -0.39 is 24.2 Å². The number of carbonyl (C=O) groups excluding carboxylic acids is 1.